The molecule has 2 N–H and O–H groups in total. The Morgan fingerprint density at radius 2 is 2.04 bits per heavy atom. The van der Waals surface area contributed by atoms with Crippen molar-refractivity contribution in [3.8, 4) is 17.2 Å². The topological polar surface area (TPSA) is 80.2 Å². The highest BCUT2D eigenvalue weighted by molar-refractivity contribution is 6.07. The first-order valence-electron chi connectivity index (χ1n) is 8.31. The Bertz CT molecular complexity index is 912. The van der Waals surface area contributed by atoms with Gasteiger partial charge >= 0.3 is 0 Å². The molecule has 2 aromatic rings. The quantitative estimate of drug-likeness (QED) is 0.811. The lowest BCUT2D eigenvalue weighted by atomic mass is 10.0. The molecule has 0 saturated heterocycles. The van der Waals surface area contributed by atoms with Crippen molar-refractivity contribution in [2.75, 3.05) is 6.61 Å². The molecule has 7 heteroatoms. The fourth-order valence-electron chi connectivity index (χ4n) is 3.31. The minimum atomic E-state index is -0.839. The number of phenolic OH excluding ortho intramolecular Hbond substituents is 1. The van der Waals surface area contributed by atoms with E-state index in [1.165, 1.54) is 12.1 Å². The van der Waals surface area contributed by atoms with Crippen molar-refractivity contribution in [2.45, 2.75) is 25.4 Å². The van der Waals surface area contributed by atoms with Crippen LogP contribution in [0.15, 0.2) is 41.5 Å². The number of para-hydroxylation sites is 2. The zero-order chi connectivity index (χ0) is 18.3. The van der Waals surface area contributed by atoms with Gasteiger partial charge in [0, 0.05) is 11.1 Å². The maximum atomic E-state index is 14.0. The maximum Gasteiger partial charge on any atom is 0.284 e. The SMILES string of the molecule is C[C@@H]1C/C(=N\NC(=O)[C@@H]2COc3ccccc3O2)c2c(O)ccc(F)c21. The Balaban J connectivity index is 1.52. The van der Waals surface area contributed by atoms with Crippen molar-refractivity contribution in [3.05, 3.63) is 53.3 Å². The molecule has 1 amide bonds. The number of hydrogen-bond donors (Lipinski definition) is 2. The number of rotatable bonds is 2. The largest absolute Gasteiger partial charge is 0.507 e. The molecule has 1 heterocycles. The highest BCUT2D eigenvalue weighted by atomic mass is 19.1. The normalized spacial score (nSPS) is 22.2. The third-order valence-electron chi connectivity index (χ3n) is 4.55. The van der Waals surface area contributed by atoms with Crippen LogP contribution in [0, 0.1) is 5.82 Å². The molecule has 2 aliphatic rings. The average molecular weight is 356 g/mol. The van der Waals surface area contributed by atoms with Crippen molar-refractivity contribution in [2.24, 2.45) is 5.10 Å². The molecular weight excluding hydrogens is 339 g/mol. The third kappa shape index (κ3) is 2.75. The molecule has 26 heavy (non-hydrogen) atoms. The van der Waals surface area contributed by atoms with E-state index in [1.807, 2.05) is 13.0 Å². The first kappa shape index (κ1) is 16.4. The molecule has 0 spiro atoms. The number of halogens is 1. The number of phenols is 1. The molecule has 134 valence electrons. The number of aromatic hydroxyl groups is 1. The third-order valence-corrected chi connectivity index (χ3v) is 4.55. The Kier molecular flexibility index (Phi) is 3.99. The van der Waals surface area contributed by atoms with Gasteiger partial charge in [0.1, 0.15) is 18.2 Å². The van der Waals surface area contributed by atoms with E-state index in [1.54, 1.807) is 18.2 Å². The van der Waals surface area contributed by atoms with E-state index >= 15 is 0 Å². The lowest BCUT2D eigenvalue weighted by Crippen LogP contribution is -2.42. The minimum absolute atomic E-state index is 0.0510. The molecule has 0 fully saturated rings. The molecule has 0 bridgehead atoms. The molecule has 2 aromatic carbocycles. The molecule has 0 aromatic heterocycles. The lowest BCUT2D eigenvalue weighted by molar-refractivity contribution is -0.130. The lowest BCUT2D eigenvalue weighted by Gasteiger charge is -2.24. The van der Waals surface area contributed by atoms with Gasteiger partial charge in [-0.3, -0.25) is 4.79 Å². The van der Waals surface area contributed by atoms with Gasteiger partial charge in [0.15, 0.2) is 11.5 Å². The van der Waals surface area contributed by atoms with Crippen molar-refractivity contribution in [3.63, 3.8) is 0 Å². The van der Waals surface area contributed by atoms with Crippen molar-refractivity contribution >= 4 is 11.6 Å². The Morgan fingerprint density at radius 1 is 1.27 bits per heavy atom. The van der Waals surface area contributed by atoms with Gasteiger partial charge in [0.05, 0.1) is 5.71 Å². The van der Waals surface area contributed by atoms with Crippen LogP contribution < -0.4 is 14.9 Å². The second-order valence-corrected chi connectivity index (χ2v) is 6.36. The molecule has 0 unspecified atom stereocenters. The van der Waals surface area contributed by atoms with Crippen LogP contribution in [-0.2, 0) is 4.79 Å². The van der Waals surface area contributed by atoms with Crippen LogP contribution in [-0.4, -0.2) is 29.4 Å². The summed E-state index contributed by atoms with van der Waals surface area (Å²) in [6.07, 6.45) is -0.414. The first-order chi connectivity index (χ1) is 12.5. The molecule has 0 radical (unpaired) electrons. The van der Waals surface area contributed by atoms with Gasteiger partial charge in [-0.2, -0.15) is 5.10 Å². The van der Waals surface area contributed by atoms with Crippen LogP contribution in [0.2, 0.25) is 0 Å². The number of nitrogens with zero attached hydrogens (tertiary/aromatic N) is 1. The van der Waals surface area contributed by atoms with E-state index in [9.17, 15) is 14.3 Å². The van der Waals surface area contributed by atoms with Crippen molar-refractivity contribution in [1.82, 2.24) is 5.43 Å². The number of hydrogen-bond acceptors (Lipinski definition) is 5. The maximum absolute atomic E-state index is 14.0. The summed E-state index contributed by atoms with van der Waals surface area (Å²) >= 11 is 0. The smallest absolute Gasteiger partial charge is 0.284 e. The fourth-order valence-corrected chi connectivity index (χ4v) is 3.31. The van der Waals surface area contributed by atoms with Crippen LogP contribution in [0.5, 0.6) is 17.2 Å². The van der Waals surface area contributed by atoms with E-state index in [-0.39, 0.29) is 24.1 Å². The summed E-state index contributed by atoms with van der Waals surface area (Å²) in [7, 11) is 0. The number of carbonyl (C=O) groups excluding carboxylic acids is 1. The number of ether oxygens (including phenoxy) is 2. The molecule has 0 saturated carbocycles. The van der Waals surface area contributed by atoms with E-state index in [0.717, 1.165) is 0 Å². The van der Waals surface area contributed by atoms with Gasteiger partial charge in [0.25, 0.3) is 5.91 Å². The fraction of sp³-hybridized carbons (Fsp3) is 0.263. The number of amides is 1. The number of nitrogens with one attached hydrogen (secondary N) is 1. The van der Waals surface area contributed by atoms with E-state index < -0.39 is 12.0 Å². The highest BCUT2D eigenvalue weighted by Gasteiger charge is 2.32. The monoisotopic (exact) mass is 356 g/mol. The molecule has 6 nitrogen and oxygen atoms in total. The number of fused-ring (bicyclic) bond motifs is 2. The summed E-state index contributed by atoms with van der Waals surface area (Å²) in [4.78, 5) is 12.4. The standard InChI is InChI=1S/C19H17FN2O4/c1-10-8-12(18-13(23)7-6-11(20)17(10)18)21-22-19(24)16-9-25-14-4-2-3-5-15(14)26-16/h2-7,10,16,23H,8-9H2,1H3,(H,22,24)/b21-12+/t10-,16+/m1/s1. The minimum Gasteiger partial charge on any atom is -0.507 e. The molecule has 2 atom stereocenters. The second-order valence-electron chi connectivity index (χ2n) is 6.36. The molecule has 1 aliphatic heterocycles. The molecule has 4 rings (SSSR count). The van der Waals surface area contributed by atoms with Gasteiger partial charge in [-0.1, -0.05) is 19.1 Å². The van der Waals surface area contributed by atoms with E-state index in [4.69, 9.17) is 9.47 Å². The second kappa shape index (κ2) is 6.33. The van der Waals surface area contributed by atoms with E-state index in [2.05, 4.69) is 10.5 Å². The highest BCUT2D eigenvalue weighted by Crippen LogP contribution is 2.39. The van der Waals surface area contributed by atoms with Gasteiger partial charge in [-0.25, -0.2) is 9.82 Å². The average Bonchev–Trinajstić information content (AvgIpc) is 3.00. The summed E-state index contributed by atoms with van der Waals surface area (Å²) in [5.74, 6) is 0.0400. The zero-order valence-electron chi connectivity index (χ0n) is 14.0. The van der Waals surface area contributed by atoms with Crippen LogP contribution in [0.1, 0.15) is 30.4 Å². The summed E-state index contributed by atoms with van der Waals surface area (Å²) in [6.45, 7) is 1.92. The van der Waals surface area contributed by atoms with Crippen LogP contribution in [0.25, 0.3) is 0 Å². The predicted molar refractivity (Wildman–Crippen MR) is 92.1 cm³/mol. The number of hydrazone groups is 1. The number of benzene rings is 2. The van der Waals surface area contributed by atoms with Crippen LogP contribution in [0.3, 0.4) is 0 Å². The molecule has 1 aliphatic carbocycles. The summed E-state index contributed by atoms with van der Waals surface area (Å²) in [6, 6.07) is 9.61. The van der Waals surface area contributed by atoms with Crippen LogP contribution in [0.4, 0.5) is 4.39 Å². The Morgan fingerprint density at radius 3 is 2.85 bits per heavy atom. The van der Waals surface area contributed by atoms with Gasteiger partial charge in [-0.05, 0) is 36.6 Å². The summed E-state index contributed by atoms with van der Waals surface area (Å²) in [5.41, 5.74) is 3.65. The van der Waals surface area contributed by atoms with Gasteiger partial charge in [0.2, 0.25) is 6.10 Å². The zero-order valence-corrected chi connectivity index (χ0v) is 14.0. The summed E-state index contributed by atoms with van der Waals surface area (Å²) < 4.78 is 25.2. The van der Waals surface area contributed by atoms with Gasteiger partial charge < -0.3 is 14.6 Å². The van der Waals surface area contributed by atoms with Crippen molar-refractivity contribution in [1.29, 1.82) is 0 Å². The van der Waals surface area contributed by atoms with Gasteiger partial charge in [-0.15, -0.1) is 0 Å². The number of carbonyl (C=O) groups is 1. The van der Waals surface area contributed by atoms with E-state index in [0.29, 0.717) is 34.8 Å². The Hall–Kier alpha value is -3.09. The predicted octanol–water partition coefficient (Wildman–Crippen LogP) is 2.70. The first-order valence-corrected chi connectivity index (χ1v) is 8.31. The molecular formula is C19H17FN2O4. The van der Waals surface area contributed by atoms with Crippen LogP contribution >= 0.6 is 0 Å². The Labute approximate surface area is 149 Å². The summed E-state index contributed by atoms with van der Waals surface area (Å²) in [5, 5.41) is 14.2. The van der Waals surface area contributed by atoms with Crippen molar-refractivity contribution < 1.29 is 23.8 Å².